The number of aromatic amines is 1. The zero-order valence-corrected chi connectivity index (χ0v) is 22.8. The molecule has 155 valence electrons. The van der Waals surface area contributed by atoms with E-state index in [1.54, 1.807) is 0 Å². The van der Waals surface area contributed by atoms with Crippen LogP contribution in [0.3, 0.4) is 0 Å². The van der Waals surface area contributed by atoms with Crippen LogP contribution >= 0.6 is 24.2 Å². The number of rotatable bonds is 17. The third-order valence-corrected chi connectivity index (χ3v) is 5.30. The predicted molar refractivity (Wildman–Crippen MR) is 126 cm³/mol. The Balaban J connectivity index is 0.00000729. The summed E-state index contributed by atoms with van der Waals surface area (Å²) in [5.74, 6) is 0.901. The average Bonchev–Trinajstić information content (AvgIpc) is 2.67. The number of unbranched alkanes of at least 4 members (excludes halogenated alkanes) is 12. The van der Waals surface area contributed by atoms with Crippen LogP contribution in [0.15, 0.2) is 17.3 Å². The molecule has 1 aromatic rings. The monoisotopic (exact) mass is 449 g/mol. The number of aryl methyl sites for hydroxylation is 1. The van der Waals surface area contributed by atoms with E-state index < -0.39 is 0 Å². The van der Waals surface area contributed by atoms with Crippen molar-refractivity contribution in [1.82, 2.24) is 15.0 Å². The van der Waals surface area contributed by atoms with E-state index in [1.807, 2.05) is 0 Å². The molecule has 7 heteroatoms. The zero-order valence-electron chi connectivity index (χ0n) is 18.0. The molecule has 0 unspecified atom stereocenters. The van der Waals surface area contributed by atoms with Crippen molar-refractivity contribution in [2.75, 3.05) is 0 Å². The molecule has 0 fully saturated rings. The van der Waals surface area contributed by atoms with E-state index >= 15 is 0 Å². The Kier molecular flexibility index (Phi) is 21.9. The first kappa shape index (κ1) is 28.9. The Morgan fingerprint density at radius 1 is 0.857 bits per heavy atom. The fraction of sp³-hybridized carbons (Fsp3) is 0.762. The Morgan fingerprint density at radius 3 is 1.96 bits per heavy atom. The van der Waals surface area contributed by atoms with Crippen LogP contribution in [-0.2, 0) is 6.42 Å². The maximum atomic E-state index is 5.50. The molecule has 28 heavy (non-hydrogen) atoms. The summed E-state index contributed by atoms with van der Waals surface area (Å²) in [7, 11) is 0. The van der Waals surface area contributed by atoms with E-state index in [1.165, 1.54) is 83.5 Å². The van der Waals surface area contributed by atoms with Gasteiger partial charge in [-0.1, -0.05) is 76.9 Å². The van der Waals surface area contributed by atoms with Crippen LogP contribution in [0.5, 0.6) is 0 Å². The molecule has 1 radical (unpaired) electrons. The van der Waals surface area contributed by atoms with Crippen LogP contribution in [0.1, 0.15) is 103 Å². The van der Waals surface area contributed by atoms with Crippen LogP contribution in [0.4, 0.5) is 0 Å². The largest absolute Gasteiger partial charge is 0.319 e. The SMILES string of the molecule is CCCCCCCCC=CCCCCCCCCc1nc(SN)nc(=S)[nH]1.[K]. The second-order valence-electron chi connectivity index (χ2n) is 7.19. The summed E-state index contributed by atoms with van der Waals surface area (Å²) >= 11 is 6.14. The molecule has 0 aliphatic rings. The van der Waals surface area contributed by atoms with Gasteiger partial charge in [-0.25, -0.2) is 4.98 Å². The van der Waals surface area contributed by atoms with Gasteiger partial charge in [0, 0.05) is 57.8 Å². The van der Waals surface area contributed by atoms with Gasteiger partial charge in [-0.2, -0.15) is 4.98 Å². The van der Waals surface area contributed by atoms with Crippen LogP contribution in [-0.4, -0.2) is 66.3 Å². The number of H-pyrrole nitrogens is 1. The van der Waals surface area contributed by atoms with Crippen molar-refractivity contribution in [3.63, 3.8) is 0 Å². The molecule has 3 N–H and O–H groups in total. The van der Waals surface area contributed by atoms with Crippen molar-refractivity contribution in [2.45, 2.75) is 108 Å². The van der Waals surface area contributed by atoms with Gasteiger partial charge < -0.3 is 4.98 Å². The molecule has 0 spiro atoms. The first-order chi connectivity index (χ1) is 13.3. The molecule has 0 bridgehead atoms. The molecule has 0 aliphatic carbocycles. The molecular weight excluding hydrogens is 411 g/mol. The number of allylic oxidation sites excluding steroid dienone is 2. The fourth-order valence-corrected chi connectivity index (χ4v) is 3.69. The third kappa shape index (κ3) is 16.7. The molecule has 1 rings (SSSR count). The number of hydrogen-bond donors (Lipinski definition) is 2. The van der Waals surface area contributed by atoms with Gasteiger partial charge in [-0.3, -0.25) is 5.14 Å². The van der Waals surface area contributed by atoms with Crippen molar-refractivity contribution in [3.05, 3.63) is 22.7 Å². The van der Waals surface area contributed by atoms with Crippen LogP contribution < -0.4 is 5.14 Å². The second-order valence-corrected chi connectivity index (χ2v) is 8.18. The molecule has 0 aliphatic heterocycles. The van der Waals surface area contributed by atoms with Gasteiger partial charge in [-0.15, -0.1) is 0 Å². The van der Waals surface area contributed by atoms with E-state index in [0.717, 1.165) is 30.6 Å². The fourth-order valence-electron chi connectivity index (χ4n) is 3.12. The van der Waals surface area contributed by atoms with Crippen molar-refractivity contribution in [3.8, 4) is 0 Å². The van der Waals surface area contributed by atoms with Crippen LogP contribution in [0.25, 0.3) is 0 Å². The third-order valence-electron chi connectivity index (χ3n) is 4.71. The molecular formula is C21H38KN4S2. The molecule has 0 amide bonds. The summed E-state index contributed by atoms with van der Waals surface area (Å²) in [5, 5.41) is 6.06. The Morgan fingerprint density at radius 2 is 1.39 bits per heavy atom. The van der Waals surface area contributed by atoms with Crippen molar-refractivity contribution >= 4 is 75.6 Å². The quantitative estimate of drug-likeness (QED) is 0.0910. The minimum atomic E-state index is 0. The van der Waals surface area contributed by atoms with Crippen LogP contribution in [0, 0.1) is 4.77 Å². The summed E-state index contributed by atoms with van der Waals surface area (Å²) in [6.45, 7) is 2.27. The molecule has 0 aromatic carbocycles. The van der Waals surface area contributed by atoms with Crippen molar-refractivity contribution < 1.29 is 0 Å². The van der Waals surface area contributed by atoms with Crippen molar-refractivity contribution in [2.24, 2.45) is 5.14 Å². The number of nitrogens with two attached hydrogens (primary N) is 1. The maximum absolute atomic E-state index is 5.50. The Hall–Kier alpha value is 0.916. The second kappa shape index (κ2) is 21.2. The van der Waals surface area contributed by atoms with E-state index in [2.05, 4.69) is 34.0 Å². The number of aromatic nitrogens is 3. The van der Waals surface area contributed by atoms with Gasteiger partial charge in [0.2, 0.25) is 9.93 Å². The van der Waals surface area contributed by atoms with Gasteiger partial charge in [-0.05, 0) is 56.3 Å². The molecule has 1 aromatic heterocycles. The normalized spacial score (nSPS) is 11.1. The number of nitrogens with one attached hydrogen (secondary N) is 1. The first-order valence-corrected chi connectivity index (χ1v) is 12.0. The molecule has 1 heterocycles. The van der Waals surface area contributed by atoms with Gasteiger partial charge >= 0.3 is 0 Å². The number of nitrogens with zero attached hydrogens (tertiary/aromatic N) is 2. The smallest absolute Gasteiger partial charge is 0.207 e. The molecule has 0 atom stereocenters. The molecule has 0 saturated carbocycles. The summed E-state index contributed by atoms with van der Waals surface area (Å²) < 4.78 is 0.470. The minimum absolute atomic E-state index is 0. The standard InChI is InChI=1S/C21H38N4S2.K/c1-2-3-4-5-6-7-8-9-10-11-12-13-14-15-16-17-18-19-23-20(26)25-21(24-19)27-22;/h9-10H,2-8,11-18,22H2,1H3,(H,23,24,25,26);. The summed E-state index contributed by atoms with van der Waals surface area (Å²) in [4.78, 5) is 11.5. The van der Waals surface area contributed by atoms with Crippen LogP contribution in [0.2, 0.25) is 0 Å². The predicted octanol–water partition coefficient (Wildman–Crippen LogP) is 6.70. The van der Waals surface area contributed by atoms with Gasteiger partial charge in [0.1, 0.15) is 5.82 Å². The summed E-state index contributed by atoms with van der Waals surface area (Å²) in [6.07, 6.45) is 24.2. The Labute approximate surface area is 224 Å². The minimum Gasteiger partial charge on any atom is -0.319 e. The van der Waals surface area contributed by atoms with E-state index in [4.69, 9.17) is 17.4 Å². The van der Waals surface area contributed by atoms with Gasteiger partial charge in [0.25, 0.3) is 0 Å². The van der Waals surface area contributed by atoms with E-state index in [9.17, 15) is 0 Å². The Bertz CT molecular complexity index is 564. The number of hydrogen-bond acceptors (Lipinski definition) is 5. The van der Waals surface area contributed by atoms with E-state index in [0.29, 0.717) is 9.93 Å². The summed E-state index contributed by atoms with van der Waals surface area (Å²) in [6, 6.07) is 0. The molecule has 4 nitrogen and oxygen atoms in total. The van der Waals surface area contributed by atoms with E-state index in [-0.39, 0.29) is 51.4 Å². The summed E-state index contributed by atoms with van der Waals surface area (Å²) in [5.41, 5.74) is 0. The zero-order chi connectivity index (χ0) is 19.6. The average molecular weight is 450 g/mol. The van der Waals surface area contributed by atoms with Gasteiger partial charge in [0.15, 0.2) is 0 Å². The topological polar surface area (TPSA) is 67.6 Å². The first-order valence-electron chi connectivity index (χ1n) is 10.7. The molecule has 0 saturated heterocycles. The maximum Gasteiger partial charge on any atom is 0.207 e. The van der Waals surface area contributed by atoms with Gasteiger partial charge in [0.05, 0.1) is 0 Å². The van der Waals surface area contributed by atoms with Crippen molar-refractivity contribution in [1.29, 1.82) is 0 Å².